The maximum Gasteiger partial charge on any atom is 0.0343 e. The minimum Gasteiger partial charge on any atom is -0.327 e. The molecule has 2 heteroatoms. The highest BCUT2D eigenvalue weighted by atomic mass is 14.6. The van der Waals surface area contributed by atoms with Crippen LogP contribution < -0.4 is 5.73 Å². The maximum absolute atomic E-state index is 5.59. The molecule has 0 aromatic carbocycles. The summed E-state index contributed by atoms with van der Waals surface area (Å²) in [4.78, 5) is 4.16. The molecule has 0 aliphatic rings. The van der Waals surface area contributed by atoms with E-state index in [1.165, 1.54) is 16.7 Å². The third kappa shape index (κ3) is 3.17. The number of nitrogens with zero attached hydrogens (tertiary/aromatic N) is 1. The van der Waals surface area contributed by atoms with E-state index in [1.807, 2.05) is 19.3 Å². The highest BCUT2D eigenvalue weighted by molar-refractivity contribution is 5.56. The Hall–Kier alpha value is -1.15. The second-order valence-corrected chi connectivity index (χ2v) is 4.01. The second-order valence-electron chi connectivity index (χ2n) is 4.01. The number of nitrogens with two attached hydrogens (primary N) is 1. The predicted molar refractivity (Wildman–Crippen MR) is 65.6 cm³/mol. The maximum atomic E-state index is 5.59. The van der Waals surface area contributed by atoms with Crippen molar-refractivity contribution in [1.29, 1.82) is 0 Å². The van der Waals surface area contributed by atoms with Gasteiger partial charge in [-0.2, -0.15) is 0 Å². The Morgan fingerprint density at radius 1 is 1.60 bits per heavy atom. The average molecular weight is 204 g/mol. The van der Waals surface area contributed by atoms with E-state index in [4.69, 9.17) is 5.73 Å². The lowest BCUT2D eigenvalue weighted by atomic mass is 9.94. The van der Waals surface area contributed by atoms with Crippen LogP contribution in [0.15, 0.2) is 24.0 Å². The van der Waals surface area contributed by atoms with Crippen molar-refractivity contribution in [1.82, 2.24) is 4.98 Å². The van der Waals surface area contributed by atoms with Gasteiger partial charge < -0.3 is 5.73 Å². The molecule has 0 bridgehead atoms. The summed E-state index contributed by atoms with van der Waals surface area (Å²) in [5.74, 6) is 0.574. The molecule has 0 aliphatic heterocycles. The van der Waals surface area contributed by atoms with E-state index < -0.39 is 0 Å². The first-order valence-electron chi connectivity index (χ1n) is 5.50. The fraction of sp³-hybridized carbons (Fsp3) is 0.462. The summed E-state index contributed by atoms with van der Waals surface area (Å²) in [6, 6.07) is 2.10. The predicted octanol–water partition coefficient (Wildman–Crippen LogP) is 2.96. The van der Waals surface area contributed by atoms with Gasteiger partial charge in [-0.1, -0.05) is 25.5 Å². The van der Waals surface area contributed by atoms with Crippen molar-refractivity contribution in [3.05, 3.63) is 35.2 Å². The Morgan fingerprint density at radius 3 is 2.93 bits per heavy atom. The Labute approximate surface area is 92.2 Å². The highest BCUT2D eigenvalue weighted by Crippen LogP contribution is 2.23. The molecule has 1 rings (SSSR count). The Morgan fingerprint density at radius 2 is 2.33 bits per heavy atom. The quantitative estimate of drug-likeness (QED) is 0.819. The number of hydrogen-bond donors (Lipinski definition) is 1. The molecule has 2 N–H and O–H groups in total. The van der Waals surface area contributed by atoms with Crippen molar-refractivity contribution in [2.24, 2.45) is 5.73 Å². The van der Waals surface area contributed by atoms with Crippen LogP contribution in [0.25, 0.3) is 6.08 Å². The largest absolute Gasteiger partial charge is 0.327 e. The van der Waals surface area contributed by atoms with E-state index in [9.17, 15) is 0 Å². The topological polar surface area (TPSA) is 38.9 Å². The van der Waals surface area contributed by atoms with Crippen molar-refractivity contribution >= 4 is 6.08 Å². The average Bonchev–Trinajstić information content (AvgIpc) is 2.28. The summed E-state index contributed by atoms with van der Waals surface area (Å²) in [5.41, 5.74) is 9.34. The SMILES string of the molecule is CCC(C)c1ccncc1/C=C(\C)CN. The smallest absolute Gasteiger partial charge is 0.0343 e. The summed E-state index contributed by atoms with van der Waals surface area (Å²) in [6.07, 6.45) is 7.05. The molecule has 0 spiro atoms. The van der Waals surface area contributed by atoms with Crippen molar-refractivity contribution in [3.8, 4) is 0 Å². The molecule has 1 unspecified atom stereocenters. The normalized spacial score (nSPS) is 14.0. The molecule has 1 atom stereocenters. The third-order valence-corrected chi connectivity index (χ3v) is 2.75. The zero-order valence-electron chi connectivity index (χ0n) is 9.83. The van der Waals surface area contributed by atoms with Gasteiger partial charge in [0.25, 0.3) is 0 Å². The van der Waals surface area contributed by atoms with Crippen molar-refractivity contribution in [3.63, 3.8) is 0 Å². The Balaban J connectivity index is 3.06. The van der Waals surface area contributed by atoms with E-state index in [1.54, 1.807) is 0 Å². The number of hydrogen-bond acceptors (Lipinski definition) is 2. The summed E-state index contributed by atoms with van der Waals surface area (Å²) in [7, 11) is 0. The van der Waals surface area contributed by atoms with Gasteiger partial charge in [-0.05, 0) is 36.5 Å². The lowest BCUT2D eigenvalue weighted by Gasteiger charge is -2.12. The first kappa shape index (κ1) is 11.9. The molecule has 82 valence electrons. The van der Waals surface area contributed by atoms with Crippen LogP contribution in [0, 0.1) is 0 Å². The van der Waals surface area contributed by atoms with E-state index >= 15 is 0 Å². The second kappa shape index (κ2) is 5.66. The van der Waals surface area contributed by atoms with Crippen LogP contribution >= 0.6 is 0 Å². The zero-order valence-corrected chi connectivity index (χ0v) is 9.83. The number of aromatic nitrogens is 1. The lowest BCUT2D eigenvalue weighted by Crippen LogP contribution is -2.01. The third-order valence-electron chi connectivity index (χ3n) is 2.75. The van der Waals surface area contributed by atoms with Gasteiger partial charge in [-0.25, -0.2) is 0 Å². The van der Waals surface area contributed by atoms with E-state index in [-0.39, 0.29) is 0 Å². The van der Waals surface area contributed by atoms with Gasteiger partial charge >= 0.3 is 0 Å². The van der Waals surface area contributed by atoms with Gasteiger partial charge in [0, 0.05) is 18.9 Å². The van der Waals surface area contributed by atoms with Crippen molar-refractivity contribution in [2.45, 2.75) is 33.1 Å². The molecule has 1 aromatic rings. The van der Waals surface area contributed by atoms with Crippen LogP contribution in [0.5, 0.6) is 0 Å². The van der Waals surface area contributed by atoms with Gasteiger partial charge in [-0.3, -0.25) is 4.98 Å². The van der Waals surface area contributed by atoms with Gasteiger partial charge in [-0.15, -0.1) is 0 Å². The fourth-order valence-corrected chi connectivity index (χ4v) is 1.53. The monoisotopic (exact) mass is 204 g/mol. The molecular weight excluding hydrogens is 184 g/mol. The summed E-state index contributed by atoms with van der Waals surface area (Å²) < 4.78 is 0. The van der Waals surface area contributed by atoms with Crippen LogP contribution in [0.3, 0.4) is 0 Å². The Bertz CT molecular complexity index is 342. The molecule has 0 saturated heterocycles. The summed E-state index contributed by atoms with van der Waals surface area (Å²) in [6.45, 7) is 7.10. The zero-order chi connectivity index (χ0) is 11.3. The van der Waals surface area contributed by atoms with Gasteiger partial charge in [0.2, 0.25) is 0 Å². The van der Waals surface area contributed by atoms with Gasteiger partial charge in [0.15, 0.2) is 0 Å². The molecule has 15 heavy (non-hydrogen) atoms. The number of pyridine rings is 1. The lowest BCUT2D eigenvalue weighted by molar-refractivity contribution is 0.730. The molecule has 0 fully saturated rings. The molecular formula is C13H20N2. The molecule has 1 heterocycles. The first-order chi connectivity index (χ1) is 7.19. The minimum absolute atomic E-state index is 0.574. The van der Waals surface area contributed by atoms with Crippen molar-refractivity contribution < 1.29 is 0 Å². The van der Waals surface area contributed by atoms with Crippen molar-refractivity contribution in [2.75, 3.05) is 6.54 Å². The Kier molecular flexibility index (Phi) is 4.50. The van der Waals surface area contributed by atoms with Crippen LogP contribution in [0.2, 0.25) is 0 Å². The standard InChI is InChI=1S/C13H20N2/c1-4-11(3)13-5-6-15-9-12(13)7-10(2)8-14/h5-7,9,11H,4,8,14H2,1-3H3/b10-7+. The van der Waals surface area contributed by atoms with Crippen LogP contribution in [0.1, 0.15) is 44.2 Å². The van der Waals surface area contributed by atoms with Crippen LogP contribution in [-0.2, 0) is 0 Å². The van der Waals surface area contributed by atoms with Crippen LogP contribution in [-0.4, -0.2) is 11.5 Å². The molecule has 2 nitrogen and oxygen atoms in total. The van der Waals surface area contributed by atoms with Gasteiger partial charge in [0.1, 0.15) is 0 Å². The molecule has 0 aliphatic carbocycles. The van der Waals surface area contributed by atoms with E-state index in [0.717, 1.165) is 6.42 Å². The van der Waals surface area contributed by atoms with E-state index in [0.29, 0.717) is 12.5 Å². The molecule has 0 saturated carbocycles. The minimum atomic E-state index is 0.574. The number of rotatable bonds is 4. The molecule has 0 amide bonds. The highest BCUT2D eigenvalue weighted by Gasteiger charge is 2.06. The molecule has 0 radical (unpaired) electrons. The van der Waals surface area contributed by atoms with Gasteiger partial charge in [0.05, 0.1) is 0 Å². The summed E-state index contributed by atoms with van der Waals surface area (Å²) >= 11 is 0. The fourth-order valence-electron chi connectivity index (χ4n) is 1.53. The summed E-state index contributed by atoms with van der Waals surface area (Å²) in [5, 5.41) is 0. The van der Waals surface area contributed by atoms with E-state index in [2.05, 4.69) is 31.0 Å². The first-order valence-corrected chi connectivity index (χ1v) is 5.50. The molecule has 1 aromatic heterocycles. The van der Waals surface area contributed by atoms with Crippen LogP contribution in [0.4, 0.5) is 0 Å².